The molecule has 0 bridgehead atoms. The number of hydrogen-bond acceptors (Lipinski definition) is 5. The Labute approximate surface area is 149 Å². The van der Waals surface area contributed by atoms with Crippen LogP contribution in [0.4, 0.5) is 5.82 Å². The summed E-state index contributed by atoms with van der Waals surface area (Å²) in [6.07, 6.45) is 0.852. The van der Waals surface area contributed by atoms with Crippen LogP contribution in [0.15, 0.2) is 36.4 Å². The van der Waals surface area contributed by atoms with Crippen LogP contribution in [0.3, 0.4) is 0 Å². The van der Waals surface area contributed by atoms with Gasteiger partial charge in [-0.05, 0) is 27.2 Å². The molecule has 0 radical (unpaired) electrons. The maximum absolute atomic E-state index is 12.5. The summed E-state index contributed by atoms with van der Waals surface area (Å²) in [6, 6.07) is 11.3. The van der Waals surface area contributed by atoms with Crippen LogP contribution in [0.2, 0.25) is 0 Å². The molecule has 2 N–H and O–H groups in total. The predicted octanol–water partition coefficient (Wildman–Crippen LogP) is 3.12. The molecular formula is C19H26N4O2. The first-order chi connectivity index (χ1) is 11.9. The molecular weight excluding hydrogens is 316 g/mol. The average Bonchev–Trinajstić information content (AvgIpc) is 2.58. The number of ether oxygens (including phenoxy) is 1. The van der Waals surface area contributed by atoms with Gasteiger partial charge in [0.1, 0.15) is 11.5 Å². The molecule has 0 unspecified atom stereocenters. The number of nitrogens with one attached hydrogen (secondary N) is 2. The summed E-state index contributed by atoms with van der Waals surface area (Å²) < 4.78 is 5.05. The van der Waals surface area contributed by atoms with Gasteiger partial charge >= 0.3 is 0 Å². The minimum Gasteiger partial charge on any atom is -0.385 e. The number of carbonyl (C=O) groups excluding carboxylic acids is 1. The molecule has 1 heterocycles. The van der Waals surface area contributed by atoms with E-state index in [2.05, 4.69) is 20.6 Å². The van der Waals surface area contributed by atoms with Gasteiger partial charge in [0.25, 0.3) is 5.91 Å². The van der Waals surface area contributed by atoms with Crippen LogP contribution in [0.5, 0.6) is 0 Å². The first-order valence-corrected chi connectivity index (χ1v) is 8.39. The number of anilines is 1. The number of aromatic nitrogens is 2. The van der Waals surface area contributed by atoms with Gasteiger partial charge in [-0.2, -0.15) is 0 Å². The van der Waals surface area contributed by atoms with Crippen molar-refractivity contribution in [3.63, 3.8) is 0 Å². The van der Waals surface area contributed by atoms with E-state index in [9.17, 15) is 4.79 Å². The monoisotopic (exact) mass is 342 g/mol. The number of carbonyl (C=O) groups is 1. The lowest BCUT2D eigenvalue weighted by molar-refractivity contribution is 0.0914. The van der Waals surface area contributed by atoms with Crippen LogP contribution < -0.4 is 10.6 Å². The van der Waals surface area contributed by atoms with Crippen molar-refractivity contribution in [3.05, 3.63) is 42.1 Å². The van der Waals surface area contributed by atoms with E-state index in [1.165, 1.54) is 0 Å². The van der Waals surface area contributed by atoms with Crippen molar-refractivity contribution >= 4 is 11.7 Å². The van der Waals surface area contributed by atoms with Crippen LogP contribution in [-0.4, -0.2) is 41.7 Å². The summed E-state index contributed by atoms with van der Waals surface area (Å²) in [5.41, 5.74) is 0.881. The molecule has 2 rings (SSSR count). The summed E-state index contributed by atoms with van der Waals surface area (Å²) in [7, 11) is 1.67. The maximum Gasteiger partial charge on any atom is 0.270 e. The molecule has 2 aromatic rings. The summed E-state index contributed by atoms with van der Waals surface area (Å²) in [4.78, 5) is 21.5. The molecule has 0 saturated heterocycles. The summed E-state index contributed by atoms with van der Waals surface area (Å²) in [5, 5.41) is 6.18. The van der Waals surface area contributed by atoms with Crippen molar-refractivity contribution in [2.24, 2.45) is 0 Å². The fourth-order valence-corrected chi connectivity index (χ4v) is 2.21. The molecule has 25 heavy (non-hydrogen) atoms. The van der Waals surface area contributed by atoms with Crippen LogP contribution >= 0.6 is 0 Å². The van der Waals surface area contributed by atoms with Gasteiger partial charge < -0.3 is 15.4 Å². The van der Waals surface area contributed by atoms with Gasteiger partial charge in [0.05, 0.1) is 0 Å². The van der Waals surface area contributed by atoms with E-state index in [0.29, 0.717) is 30.5 Å². The Morgan fingerprint density at radius 3 is 2.52 bits per heavy atom. The Hall–Kier alpha value is -2.47. The Bertz CT molecular complexity index is 696. The minimum absolute atomic E-state index is 0.216. The highest BCUT2D eigenvalue weighted by atomic mass is 16.5. The highest BCUT2D eigenvalue weighted by Gasteiger charge is 2.18. The van der Waals surface area contributed by atoms with Crippen molar-refractivity contribution in [2.45, 2.75) is 32.7 Å². The number of rotatable bonds is 7. The van der Waals surface area contributed by atoms with Gasteiger partial charge in [-0.15, -0.1) is 0 Å². The second kappa shape index (κ2) is 8.58. The Kier molecular flexibility index (Phi) is 6.47. The third-order valence-corrected chi connectivity index (χ3v) is 3.31. The summed E-state index contributed by atoms with van der Waals surface area (Å²) >= 11 is 0. The smallest absolute Gasteiger partial charge is 0.270 e. The van der Waals surface area contributed by atoms with Crippen molar-refractivity contribution < 1.29 is 9.53 Å². The number of nitrogens with zero attached hydrogens (tertiary/aromatic N) is 2. The van der Waals surface area contributed by atoms with Crippen LogP contribution in [0, 0.1) is 0 Å². The molecule has 6 heteroatoms. The highest BCUT2D eigenvalue weighted by Crippen LogP contribution is 2.18. The Morgan fingerprint density at radius 2 is 1.88 bits per heavy atom. The van der Waals surface area contributed by atoms with Gasteiger partial charge in [-0.3, -0.25) is 4.79 Å². The molecule has 1 aromatic heterocycles. The van der Waals surface area contributed by atoms with Crippen molar-refractivity contribution in [3.8, 4) is 11.4 Å². The summed E-state index contributed by atoms with van der Waals surface area (Å²) in [6.45, 7) is 7.19. The minimum atomic E-state index is -0.332. The summed E-state index contributed by atoms with van der Waals surface area (Å²) in [5.74, 6) is 0.937. The zero-order valence-corrected chi connectivity index (χ0v) is 15.3. The molecule has 0 saturated carbocycles. The molecule has 0 aliphatic rings. The fraction of sp³-hybridized carbons (Fsp3) is 0.421. The molecule has 1 aromatic carbocycles. The van der Waals surface area contributed by atoms with Crippen molar-refractivity contribution in [1.82, 2.24) is 15.3 Å². The Balaban J connectivity index is 2.29. The van der Waals surface area contributed by atoms with Crippen LogP contribution in [-0.2, 0) is 4.74 Å². The third-order valence-electron chi connectivity index (χ3n) is 3.31. The molecule has 0 atom stereocenters. The zero-order valence-electron chi connectivity index (χ0n) is 15.3. The van der Waals surface area contributed by atoms with E-state index in [1.54, 1.807) is 13.2 Å². The number of amides is 1. The number of hydrogen-bond donors (Lipinski definition) is 2. The van der Waals surface area contributed by atoms with Crippen LogP contribution in [0.25, 0.3) is 11.4 Å². The van der Waals surface area contributed by atoms with Gasteiger partial charge in [-0.1, -0.05) is 30.3 Å². The van der Waals surface area contributed by atoms with Gasteiger partial charge in [-0.25, -0.2) is 9.97 Å². The lowest BCUT2D eigenvalue weighted by atomic mass is 10.1. The largest absolute Gasteiger partial charge is 0.385 e. The normalized spacial score (nSPS) is 11.2. The van der Waals surface area contributed by atoms with E-state index in [4.69, 9.17) is 4.74 Å². The van der Waals surface area contributed by atoms with E-state index in [-0.39, 0.29) is 11.4 Å². The zero-order chi connectivity index (χ0) is 18.3. The van der Waals surface area contributed by atoms with E-state index < -0.39 is 0 Å². The molecule has 0 aliphatic carbocycles. The number of methoxy groups -OCH3 is 1. The third kappa shape index (κ3) is 6.15. The fourth-order valence-electron chi connectivity index (χ4n) is 2.21. The predicted molar refractivity (Wildman–Crippen MR) is 99.7 cm³/mol. The van der Waals surface area contributed by atoms with E-state index in [0.717, 1.165) is 12.0 Å². The van der Waals surface area contributed by atoms with Crippen molar-refractivity contribution in [2.75, 3.05) is 25.6 Å². The second-order valence-corrected chi connectivity index (χ2v) is 6.81. The topological polar surface area (TPSA) is 76.1 Å². The lowest BCUT2D eigenvalue weighted by Crippen LogP contribution is -2.41. The quantitative estimate of drug-likeness (QED) is 0.756. The average molecular weight is 342 g/mol. The lowest BCUT2D eigenvalue weighted by Gasteiger charge is -2.20. The Morgan fingerprint density at radius 1 is 1.16 bits per heavy atom. The SMILES string of the molecule is COCCCNc1cc(C(=O)NC(C)(C)C)nc(-c2ccccc2)n1. The molecule has 134 valence electrons. The van der Waals surface area contributed by atoms with Gasteiger partial charge in [0, 0.05) is 37.4 Å². The van der Waals surface area contributed by atoms with Crippen LogP contribution in [0.1, 0.15) is 37.7 Å². The molecule has 0 fully saturated rings. The first-order valence-electron chi connectivity index (χ1n) is 8.39. The van der Waals surface area contributed by atoms with Gasteiger partial charge in [0.15, 0.2) is 5.82 Å². The second-order valence-electron chi connectivity index (χ2n) is 6.81. The molecule has 6 nitrogen and oxygen atoms in total. The first kappa shape index (κ1) is 18.9. The maximum atomic E-state index is 12.5. The highest BCUT2D eigenvalue weighted by molar-refractivity contribution is 5.93. The standard InChI is InChI=1S/C19H26N4O2/c1-19(2,3)23-18(24)15-13-16(20-11-8-12-25-4)22-17(21-15)14-9-6-5-7-10-14/h5-7,9-10,13H,8,11-12H2,1-4H3,(H,23,24)(H,20,21,22). The molecule has 0 aliphatic heterocycles. The number of benzene rings is 1. The van der Waals surface area contributed by atoms with Gasteiger partial charge in [0.2, 0.25) is 0 Å². The molecule has 0 spiro atoms. The molecule has 1 amide bonds. The van der Waals surface area contributed by atoms with Crippen molar-refractivity contribution in [1.29, 1.82) is 0 Å². The van der Waals surface area contributed by atoms with E-state index >= 15 is 0 Å². The van der Waals surface area contributed by atoms with E-state index in [1.807, 2.05) is 51.1 Å².